The van der Waals surface area contributed by atoms with E-state index in [0.29, 0.717) is 28.1 Å². The van der Waals surface area contributed by atoms with Crippen LogP contribution in [0.25, 0.3) is 0 Å². The van der Waals surface area contributed by atoms with E-state index >= 15 is 0 Å². The second-order valence-electron chi connectivity index (χ2n) is 3.60. The zero-order valence-corrected chi connectivity index (χ0v) is 10.5. The van der Waals surface area contributed by atoms with Crippen LogP contribution in [0.5, 0.6) is 5.75 Å². The highest BCUT2D eigenvalue weighted by molar-refractivity contribution is 6.33. The fourth-order valence-electron chi connectivity index (χ4n) is 1.42. The van der Waals surface area contributed by atoms with Crippen molar-refractivity contribution in [2.45, 2.75) is 6.61 Å². The van der Waals surface area contributed by atoms with E-state index in [1.54, 1.807) is 30.3 Å². The zero-order valence-electron chi connectivity index (χ0n) is 8.99. The van der Waals surface area contributed by atoms with Crippen LogP contribution in [0.2, 0.25) is 10.0 Å². The number of halogens is 2. The Labute approximate surface area is 110 Å². The van der Waals surface area contributed by atoms with Gasteiger partial charge in [0, 0.05) is 27.4 Å². The molecule has 88 valence electrons. The largest absolute Gasteiger partial charge is 0.489 e. The van der Waals surface area contributed by atoms with Crippen molar-refractivity contribution >= 4 is 28.9 Å². The molecule has 0 aliphatic heterocycles. The molecule has 2 aromatic carbocycles. The van der Waals surface area contributed by atoms with Gasteiger partial charge in [0.25, 0.3) is 0 Å². The first kappa shape index (κ1) is 12.1. The van der Waals surface area contributed by atoms with E-state index in [9.17, 15) is 0 Å². The predicted octanol–water partition coefficient (Wildman–Crippen LogP) is 4.15. The maximum absolute atomic E-state index is 6.03. The molecule has 17 heavy (non-hydrogen) atoms. The van der Waals surface area contributed by atoms with Gasteiger partial charge in [-0.15, -0.1) is 0 Å². The van der Waals surface area contributed by atoms with Crippen LogP contribution < -0.4 is 10.5 Å². The maximum Gasteiger partial charge on any atom is 0.121 e. The van der Waals surface area contributed by atoms with E-state index in [2.05, 4.69) is 0 Å². The SMILES string of the molecule is Nc1cccc(OCc2cc(Cl)ccc2Cl)c1. The van der Waals surface area contributed by atoms with Crippen LogP contribution in [-0.4, -0.2) is 0 Å². The molecule has 0 unspecified atom stereocenters. The van der Waals surface area contributed by atoms with Gasteiger partial charge in [0.1, 0.15) is 12.4 Å². The molecule has 0 fully saturated rings. The van der Waals surface area contributed by atoms with Crippen molar-refractivity contribution in [1.82, 2.24) is 0 Å². The monoisotopic (exact) mass is 267 g/mol. The number of hydrogen-bond acceptors (Lipinski definition) is 2. The molecule has 0 aromatic heterocycles. The van der Waals surface area contributed by atoms with Gasteiger partial charge in [-0.2, -0.15) is 0 Å². The van der Waals surface area contributed by atoms with Crippen molar-refractivity contribution in [3.8, 4) is 5.75 Å². The van der Waals surface area contributed by atoms with Crippen LogP contribution in [0.4, 0.5) is 5.69 Å². The van der Waals surface area contributed by atoms with Crippen LogP contribution in [0.15, 0.2) is 42.5 Å². The first-order valence-corrected chi connectivity index (χ1v) is 5.83. The van der Waals surface area contributed by atoms with Crippen LogP contribution in [0.3, 0.4) is 0 Å². The van der Waals surface area contributed by atoms with Crippen molar-refractivity contribution in [3.05, 3.63) is 58.1 Å². The summed E-state index contributed by atoms with van der Waals surface area (Å²) in [5.74, 6) is 0.709. The van der Waals surface area contributed by atoms with Crippen LogP contribution in [0.1, 0.15) is 5.56 Å². The lowest BCUT2D eigenvalue weighted by Gasteiger charge is -2.08. The molecule has 0 aliphatic rings. The number of ether oxygens (including phenoxy) is 1. The molecule has 4 heteroatoms. The lowest BCUT2D eigenvalue weighted by Crippen LogP contribution is -1.97. The van der Waals surface area contributed by atoms with Gasteiger partial charge in [0.05, 0.1) is 0 Å². The summed E-state index contributed by atoms with van der Waals surface area (Å²) >= 11 is 11.9. The third-order valence-electron chi connectivity index (χ3n) is 2.26. The van der Waals surface area contributed by atoms with Gasteiger partial charge in [-0.1, -0.05) is 29.3 Å². The number of hydrogen-bond donors (Lipinski definition) is 1. The minimum atomic E-state index is 0.364. The second-order valence-corrected chi connectivity index (χ2v) is 4.44. The standard InChI is InChI=1S/C13H11Cl2NO/c14-10-4-5-13(15)9(6-10)8-17-12-3-1-2-11(16)7-12/h1-7H,8,16H2. The summed E-state index contributed by atoms with van der Waals surface area (Å²) < 4.78 is 5.59. The predicted molar refractivity (Wildman–Crippen MR) is 71.6 cm³/mol. The molecule has 0 radical (unpaired) electrons. The Kier molecular flexibility index (Phi) is 3.77. The Morgan fingerprint density at radius 3 is 2.65 bits per heavy atom. The van der Waals surface area contributed by atoms with E-state index in [4.69, 9.17) is 33.7 Å². The molecule has 2 N–H and O–H groups in total. The van der Waals surface area contributed by atoms with Crippen molar-refractivity contribution in [2.24, 2.45) is 0 Å². The molecule has 0 heterocycles. The molecule has 0 bridgehead atoms. The lowest BCUT2D eigenvalue weighted by molar-refractivity contribution is 0.306. The second kappa shape index (κ2) is 5.30. The van der Waals surface area contributed by atoms with Gasteiger partial charge in [-0.3, -0.25) is 0 Å². The molecule has 2 aromatic rings. The normalized spacial score (nSPS) is 10.2. The van der Waals surface area contributed by atoms with Gasteiger partial charge < -0.3 is 10.5 Å². The van der Waals surface area contributed by atoms with Gasteiger partial charge in [0.2, 0.25) is 0 Å². The smallest absolute Gasteiger partial charge is 0.121 e. The summed E-state index contributed by atoms with van der Waals surface area (Å²) in [6.45, 7) is 0.364. The van der Waals surface area contributed by atoms with Gasteiger partial charge in [-0.25, -0.2) is 0 Å². The Balaban J connectivity index is 2.09. The molecule has 0 spiro atoms. The minimum absolute atomic E-state index is 0.364. The first-order chi connectivity index (χ1) is 8.15. The highest BCUT2D eigenvalue weighted by Gasteiger charge is 2.02. The number of rotatable bonds is 3. The van der Waals surface area contributed by atoms with E-state index in [0.717, 1.165) is 5.56 Å². The van der Waals surface area contributed by atoms with Gasteiger partial charge >= 0.3 is 0 Å². The zero-order chi connectivity index (χ0) is 12.3. The Hall–Kier alpha value is -1.38. The fraction of sp³-hybridized carbons (Fsp3) is 0.0769. The molecule has 2 nitrogen and oxygen atoms in total. The highest BCUT2D eigenvalue weighted by Crippen LogP contribution is 2.23. The van der Waals surface area contributed by atoms with E-state index in [-0.39, 0.29) is 0 Å². The van der Waals surface area contributed by atoms with Crippen molar-refractivity contribution < 1.29 is 4.74 Å². The molecule has 0 atom stereocenters. The summed E-state index contributed by atoms with van der Waals surface area (Å²) in [6.07, 6.45) is 0. The van der Waals surface area contributed by atoms with Crippen LogP contribution in [-0.2, 0) is 6.61 Å². The highest BCUT2D eigenvalue weighted by atomic mass is 35.5. The van der Waals surface area contributed by atoms with Gasteiger partial charge in [0.15, 0.2) is 0 Å². The average molecular weight is 268 g/mol. The first-order valence-electron chi connectivity index (χ1n) is 5.07. The topological polar surface area (TPSA) is 35.2 Å². The summed E-state index contributed by atoms with van der Waals surface area (Å²) in [5, 5.41) is 1.28. The van der Waals surface area contributed by atoms with Crippen molar-refractivity contribution in [2.75, 3.05) is 5.73 Å². The third-order valence-corrected chi connectivity index (χ3v) is 2.86. The van der Waals surface area contributed by atoms with E-state index < -0.39 is 0 Å². The quantitative estimate of drug-likeness (QED) is 0.848. The maximum atomic E-state index is 6.03. The molecular weight excluding hydrogens is 257 g/mol. The number of benzene rings is 2. The minimum Gasteiger partial charge on any atom is -0.489 e. The van der Waals surface area contributed by atoms with E-state index in [1.807, 2.05) is 12.1 Å². The number of nitrogen functional groups attached to an aromatic ring is 1. The summed E-state index contributed by atoms with van der Waals surface area (Å²) in [4.78, 5) is 0. The molecule has 2 rings (SSSR count). The van der Waals surface area contributed by atoms with Crippen molar-refractivity contribution in [3.63, 3.8) is 0 Å². The van der Waals surface area contributed by atoms with Crippen molar-refractivity contribution in [1.29, 1.82) is 0 Å². The summed E-state index contributed by atoms with van der Waals surface area (Å²) in [6, 6.07) is 12.5. The number of anilines is 1. The van der Waals surface area contributed by atoms with Crippen LogP contribution in [0, 0.1) is 0 Å². The Morgan fingerprint density at radius 2 is 1.88 bits per heavy atom. The average Bonchev–Trinajstić information content (AvgIpc) is 2.30. The fourth-order valence-corrected chi connectivity index (χ4v) is 1.79. The molecule has 0 amide bonds. The van der Waals surface area contributed by atoms with Gasteiger partial charge in [-0.05, 0) is 30.3 Å². The molecule has 0 aliphatic carbocycles. The molecular formula is C13H11Cl2NO. The molecule has 0 saturated carbocycles. The Bertz CT molecular complexity index is 529. The Morgan fingerprint density at radius 1 is 1.06 bits per heavy atom. The third kappa shape index (κ3) is 3.29. The lowest BCUT2D eigenvalue weighted by atomic mass is 10.2. The number of nitrogens with two attached hydrogens (primary N) is 1. The summed E-state index contributed by atoms with van der Waals surface area (Å²) in [5.41, 5.74) is 7.17. The molecule has 0 saturated heterocycles. The summed E-state index contributed by atoms with van der Waals surface area (Å²) in [7, 11) is 0. The van der Waals surface area contributed by atoms with E-state index in [1.165, 1.54) is 0 Å². The van der Waals surface area contributed by atoms with Crippen LogP contribution >= 0.6 is 23.2 Å².